The molecular formula is C28H34N4O4. The Kier molecular flexibility index (Phi) is 7.20. The molecular weight excluding hydrogens is 456 g/mol. The molecule has 0 bridgehead atoms. The monoisotopic (exact) mass is 490 g/mol. The normalized spacial score (nSPS) is 19.2. The molecule has 2 amide bonds. The van der Waals surface area contributed by atoms with Crippen LogP contribution >= 0.6 is 0 Å². The van der Waals surface area contributed by atoms with Crippen molar-refractivity contribution in [3.8, 4) is 5.75 Å². The number of pyridine rings is 1. The molecule has 2 atom stereocenters. The van der Waals surface area contributed by atoms with Crippen molar-refractivity contribution < 1.29 is 19.1 Å². The van der Waals surface area contributed by atoms with Gasteiger partial charge in [0.25, 0.3) is 0 Å². The fraction of sp³-hybridized carbons (Fsp3) is 0.500. The highest BCUT2D eigenvalue weighted by Gasteiger charge is 2.33. The fourth-order valence-electron chi connectivity index (χ4n) is 5.41. The highest BCUT2D eigenvalue weighted by atomic mass is 16.5. The van der Waals surface area contributed by atoms with Gasteiger partial charge < -0.3 is 20.3 Å². The number of hydrogen-bond acceptors (Lipinski definition) is 6. The number of ketones is 1. The quantitative estimate of drug-likeness (QED) is 0.561. The first kappa shape index (κ1) is 24.3. The molecule has 0 radical (unpaired) electrons. The standard InChI is InChI=1S/C28H34N4O4/c1-18(33)15-24(22-5-4-19-11-14-36-25(19)16-22)31-26(34)17-32-13-10-21(28(32)35)7-9-23-8-6-20-3-2-12-29-27(20)30-23/h4-6,8,16,21,24H,2-3,7,9-15,17H2,1H3,(H,29,30)(H,31,34). The number of nitrogens with one attached hydrogen (secondary N) is 2. The van der Waals surface area contributed by atoms with E-state index in [-0.39, 0.29) is 36.5 Å². The fourth-order valence-corrected chi connectivity index (χ4v) is 5.41. The van der Waals surface area contributed by atoms with Crippen LogP contribution in [0.25, 0.3) is 0 Å². The summed E-state index contributed by atoms with van der Waals surface area (Å²) in [6.45, 7) is 3.70. The van der Waals surface area contributed by atoms with E-state index in [2.05, 4.69) is 22.8 Å². The molecule has 0 saturated carbocycles. The molecule has 0 aliphatic carbocycles. The van der Waals surface area contributed by atoms with Crippen LogP contribution in [0.3, 0.4) is 0 Å². The molecule has 1 aromatic carbocycles. The molecule has 3 aliphatic rings. The number of rotatable bonds is 9. The summed E-state index contributed by atoms with van der Waals surface area (Å²) in [5.74, 6) is 1.46. The summed E-state index contributed by atoms with van der Waals surface area (Å²) in [4.78, 5) is 44.2. The van der Waals surface area contributed by atoms with Crippen molar-refractivity contribution in [1.82, 2.24) is 15.2 Å². The van der Waals surface area contributed by atoms with Gasteiger partial charge in [-0.05, 0) is 67.9 Å². The number of aryl methyl sites for hydroxylation is 2. The molecule has 8 nitrogen and oxygen atoms in total. The minimum absolute atomic E-state index is 0.00614. The predicted octanol–water partition coefficient (Wildman–Crippen LogP) is 2.99. The maximum atomic E-state index is 13.0. The minimum Gasteiger partial charge on any atom is -0.493 e. The Balaban J connectivity index is 1.15. The van der Waals surface area contributed by atoms with Gasteiger partial charge in [0.2, 0.25) is 11.8 Å². The van der Waals surface area contributed by atoms with E-state index in [1.54, 1.807) is 4.90 Å². The summed E-state index contributed by atoms with van der Waals surface area (Å²) in [5, 5.41) is 6.34. The van der Waals surface area contributed by atoms with Gasteiger partial charge in [0.1, 0.15) is 17.4 Å². The second-order valence-electron chi connectivity index (χ2n) is 10.1. The van der Waals surface area contributed by atoms with Crippen LogP contribution in [0.4, 0.5) is 5.82 Å². The van der Waals surface area contributed by atoms with E-state index in [0.717, 1.165) is 73.5 Å². The van der Waals surface area contributed by atoms with Crippen LogP contribution in [0.2, 0.25) is 0 Å². The molecule has 0 spiro atoms. The number of amides is 2. The SMILES string of the molecule is CC(=O)CC(NC(=O)CN1CCC(CCc2ccc3c(n2)NCCC3)C1=O)c1ccc2c(c1)OCC2. The molecule has 2 N–H and O–H groups in total. The number of ether oxygens (including phenoxy) is 1. The minimum atomic E-state index is -0.443. The van der Waals surface area contributed by atoms with Crippen molar-refractivity contribution >= 4 is 23.4 Å². The average Bonchev–Trinajstić information content (AvgIpc) is 3.48. The molecule has 2 unspecified atom stereocenters. The van der Waals surface area contributed by atoms with Gasteiger partial charge in [-0.2, -0.15) is 0 Å². The number of carbonyl (C=O) groups is 3. The van der Waals surface area contributed by atoms with Crippen LogP contribution < -0.4 is 15.4 Å². The predicted molar refractivity (Wildman–Crippen MR) is 136 cm³/mol. The maximum Gasteiger partial charge on any atom is 0.240 e. The molecule has 8 heteroatoms. The zero-order valence-corrected chi connectivity index (χ0v) is 20.8. The van der Waals surface area contributed by atoms with E-state index in [0.29, 0.717) is 13.2 Å². The second kappa shape index (κ2) is 10.7. The van der Waals surface area contributed by atoms with Crippen molar-refractivity contribution in [3.05, 3.63) is 52.7 Å². The zero-order chi connectivity index (χ0) is 25.1. The summed E-state index contributed by atoms with van der Waals surface area (Å²) in [7, 11) is 0. The highest BCUT2D eigenvalue weighted by molar-refractivity contribution is 5.87. The lowest BCUT2D eigenvalue weighted by atomic mass is 9.99. The van der Waals surface area contributed by atoms with E-state index in [1.807, 2.05) is 18.2 Å². The van der Waals surface area contributed by atoms with Gasteiger partial charge in [-0.3, -0.25) is 14.4 Å². The highest BCUT2D eigenvalue weighted by Crippen LogP contribution is 2.30. The molecule has 4 heterocycles. The number of Topliss-reactive ketones (excluding diaryl/α,β-unsaturated/α-hetero) is 1. The number of carbonyl (C=O) groups excluding carboxylic acids is 3. The van der Waals surface area contributed by atoms with Gasteiger partial charge >= 0.3 is 0 Å². The molecule has 2 aromatic rings. The lowest BCUT2D eigenvalue weighted by molar-refractivity contribution is -0.135. The molecule has 5 rings (SSSR count). The van der Waals surface area contributed by atoms with Crippen LogP contribution in [-0.2, 0) is 33.6 Å². The molecule has 1 aromatic heterocycles. The smallest absolute Gasteiger partial charge is 0.240 e. The number of hydrogen-bond donors (Lipinski definition) is 2. The van der Waals surface area contributed by atoms with Crippen molar-refractivity contribution in [3.63, 3.8) is 0 Å². The van der Waals surface area contributed by atoms with Crippen LogP contribution in [0.1, 0.15) is 61.0 Å². The third-order valence-electron chi connectivity index (χ3n) is 7.39. The Morgan fingerprint density at radius 1 is 1.22 bits per heavy atom. The lowest BCUT2D eigenvalue weighted by Crippen LogP contribution is -2.40. The van der Waals surface area contributed by atoms with Gasteiger partial charge in [-0.1, -0.05) is 18.2 Å². The topological polar surface area (TPSA) is 101 Å². The van der Waals surface area contributed by atoms with Crippen LogP contribution in [0.5, 0.6) is 5.75 Å². The van der Waals surface area contributed by atoms with E-state index >= 15 is 0 Å². The summed E-state index contributed by atoms with van der Waals surface area (Å²) >= 11 is 0. The Hall–Kier alpha value is -3.42. The van der Waals surface area contributed by atoms with Crippen molar-refractivity contribution in [2.45, 2.75) is 57.9 Å². The Bertz CT molecular complexity index is 1160. The Morgan fingerprint density at radius 3 is 2.94 bits per heavy atom. The first-order chi connectivity index (χ1) is 17.5. The van der Waals surface area contributed by atoms with Crippen LogP contribution in [0, 0.1) is 5.92 Å². The third-order valence-corrected chi connectivity index (χ3v) is 7.39. The number of benzene rings is 1. The van der Waals surface area contributed by atoms with Gasteiger partial charge in [0, 0.05) is 37.5 Å². The van der Waals surface area contributed by atoms with Crippen molar-refractivity contribution in [1.29, 1.82) is 0 Å². The van der Waals surface area contributed by atoms with Crippen molar-refractivity contribution in [2.24, 2.45) is 5.92 Å². The zero-order valence-electron chi connectivity index (χ0n) is 20.8. The average molecular weight is 491 g/mol. The molecule has 36 heavy (non-hydrogen) atoms. The summed E-state index contributed by atoms with van der Waals surface area (Å²) in [5.41, 5.74) is 4.24. The number of aromatic nitrogens is 1. The molecule has 1 saturated heterocycles. The van der Waals surface area contributed by atoms with E-state index in [4.69, 9.17) is 9.72 Å². The molecule has 1 fully saturated rings. The van der Waals surface area contributed by atoms with Gasteiger partial charge in [0.05, 0.1) is 19.2 Å². The van der Waals surface area contributed by atoms with Gasteiger partial charge in [0.15, 0.2) is 0 Å². The summed E-state index contributed by atoms with van der Waals surface area (Å²) < 4.78 is 5.66. The summed E-state index contributed by atoms with van der Waals surface area (Å²) in [6, 6.07) is 9.62. The number of fused-ring (bicyclic) bond motifs is 2. The second-order valence-corrected chi connectivity index (χ2v) is 10.1. The number of anilines is 1. The first-order valence-electron chi connectivity index (χ1n) is 13.0. The van der Waals surface area contributed by atoms with Gasteiger partial charge in [-0.25, -0.2) is 4.98 Å². The van der Waals surface area contributed by atoms with E-state index in [9.17, 15) is 14.4 Å². The summed E-state index contributed by atoms with van der Waals surface area (Å²) in [6.07, 6.45) is 5.47. The molecule has 3 aliphatic heterocycles. The first-order valence-corrected chi connectivity index (χ1v) is 13.0. The van der Waals surface area contributed by atoms with E-state index in [1.165, 1.54) is 12.5 Å². The molecule has 190 valence electrons. The van der Waals surface area contributed by atoms with Crippen LogP contribution in [0.15, 0.2) is 30.3 Å². The van der Waals surface area contributed by atoms with E-state index < -0.39 is 6.04 Å². The largest absolute Gasteiger partial charge is 0.493 e. The van der Waals surface area contributed by atoms with Gasteiger partial charge in [-0.15, -0.1) is 0 Å². The third kappa shape index (κ3) is 5.53. The number of likely N-dealkylation sites (tertiary alicyclic amines) is 1. The Morgan fingerprint density at radius 2 is 2.08 bits per heavy atom. The lowest BCUT2D eigenvalue weighted by Gasteiger charge is -2.22. The Labute approximate surface area is 211 Å². The van der Waals surface area contributed by atoms with Crippen LogP contribution in [-0.4, -0.2) is 53.7 Å². The number of nitrogens with zero attached hydrogens (tertiary/aromatic N) is 2. The maximum absolute atomic E-state index is 13.0. The van der Waals surface area contributed by atoms with Crippen molar-refractivity contribution in [2.75, 3.05) is 31.6 Å².